The Labute approximate surface area is 245 Å². The molecule has 14 heteroatoms. The molecule has 2 aliphatic rings. The van der Waals surface area contributed by atoms with Crippen LogP contribution in [0.1, 0.15) is 36.2 Å². The molecular formula is C29H33F4N7O3. The Morgan fingerprint density at radius 2 is 1.84 bits per heavy atom. The summed E-state index contributed by atoms with van der Waals surface area (Å²) in [6, 6.07) is 4.67. The first kappa shape index (κ1) is 30.4. The highest BCUT2D eigenvalue weighted by atomic mass is 19.4. The number of aromatic amines is 1. The lowest BCUT2D eigenvalue weighted by molar-refractivity contribution is -0.138. The molecule has 0 saturated carbocycles. The summed E-state index contributed by atoms with van der Waals surface area (Å²) in [7, 11) is 3.86. The molecule has 2 aromatic heterocycles. The van der Waals surface area contributed by atoms with Gasteiger partial charge in [0.2, 0.25) is 11.5 Å². The molecule has 1 amide bonds. The summed E-state index contributed by atoms with van der Waals surface area (Å²) in [5.74, 6) is -1.34. The number of likely N-dealkylation sites (N-methyl/N-ethyl adjacent to an activating group) is 1. The van der Waals surface area contributed by atoms with Gasteiger partial charge >= 0.3 is 6.18 Å². The Balaban J connectivity index is 1.55. The number of ether oxygens (including phenoxy) is 1. The summed E-state index contributed by atoms with van der Waals surface area (Å²) in [5, 5.41) is 2.55. The number of anilines is 3. The van der Waals surface area contributed by atoms with Crippen LogP contribution in [0.15, 0.2) is 41.5 Å². The minimum absolute atomic E-state index is 0.0397. The van der Waals surface area contributed by atoms with Crippen LogP contribution in [0.5, 0.6) is 0 Å². The van der Waals surface area contributed by atoms with Crippen LogP contribution >= 0.6 is 0 Å². The summed E-state index contributed by atoms with van der Waals surface area (Å²) in [5.41, 5.74) is -2.43. The number of H-pyrrole nitrogens is 1. The van der Waals surface area contributed by atoms with Crippen LogP contribution in [0.2, 0.25) is 0 Å². The summed E-state index contributed by atoms with van der Waals surface area (Å²) in [6.45, 7) is 6.02. The number of hydrogen-bond acceptors (Lipinski definition) is 8. The number of pyridine rings is 1. The van der Waals surface area contributed by atoms with Gasteiger partial charge in [0.1, 0.15) is 5.82 Å². The molecule has 1 aromatic carbocycles. The van der Waals surface area contributed by atoms with Gasteiger partial charge in [0.25, 0.3) is 5.91 Å². The molecule has 2 saturated heterocycles. The fraction of sp³-hybridized carbons (Fsp3) is 0.448. The largest absolute Gasteiger partial charge is 0.417 e. The molecule has 0 radical (unpaired) electrons. The fourth-order valence-electron chi connectivity index (χ4n) is 5.58. The standard InChI is InChI=1S/C29H33F4N7O3/c1-16-13-40(14-17(2)43-16)28-34-7-5-23(37-28)19-9-24(25(11-22(19)30)39-8-6-18(15-39)38(3)4)36-27(42)20-12-35-26(41)10-21(20)29(31,32)33/h5,7,9-12,16-18H,6,8,13-15H2,1-4H3,(H,35,41)(H,36,42)/t16-,17+,18-/m1/s1. The van der Waals surface area contributed by atoms with Crippen molar-refractivity contribution < 1.29 is 27.1 Å². The van der Waals surface area contributed by atoms with E-state index >= 15 is 4.39 Å². The molecule has 2 fully saturated rings. The van der Waals surface area contributed by atoms with Gasteiger partial charge in [0.05, 0.1) is 40.4 Å². The van der Waals surface area contributed by atoms with E-state index in [1.165, 1.54) is 24.4 Å². The molecule has 0 unspecified atom stereocenters. The highest BCUT2D eigenvalue weighted by molar-refractivity contribution is 6.07. The number of carbonyl (C=O) groups excluding carboxylic acids is 1. The molecule has 43 heavy (non-hydrogen) atoms. The topological polar surface area (TPSA) is 107 Å². The second-order valence-electron chi connectivity index (χ2n) is 11.2. The maximum atomic E-state index is 15.8. The number of aromatic nitrogens is 3. The minimum atomic E-state index is -4.95. The molecule has 5 rings (SSSR count). The van der Waals surface area contributed by atoms with E-state index in [4.69, 9.17) is 4.74 Å². The molecule has 230 valence electrons. The quantitative estimate of drug-likeness (QED) is 0.408. The van der Waals surface area contributed by atoms with Gasteiger partial charge in [0, 0.05) is 56.2 Å². The first-order valence-electron chi connectivity index (χ1n) is 13.9. The van der Waals surface area contributed by atoms with Gasteiger partial charge in [-0.05, 0) is 52.6 Å². The Morgan fingerprint density at radius 1 is 1.12 bits per heavy atom. The van der Waals surface area contributed by atoms with Crippen LogP contribution in [0.25, 0.3) is 11.3 Å². The van der Waals surface area contributed by atoms with Crippen molar-refractivity contribution in [2.75, 3.05) is 55.4 Å². The number of alkyl halides is 3. The van der Waals surface area contributed by atoms with Crippen LogP contribution in [0.3, 0.4) is 0 Å². The van der Waals surface area contributed by atoms with Crippen molar-refractivity contribution in [1.82, 2.24) is 19.9 Å². The van der Waals surface area contributed by atoms with Gasteiger partial charge < -0.3 is 29.7 Å². The molecular weight excluding hydrogens is 570 g/mol. The second kappa shape index (κ2) is 11.9. The molecule has 10 nitrogen and oxygen atoms in total. The predicted octanol–water partition coefficient (Wildman–Crippen LogP) is 4.00. The van der Waals surface area contributed by atoms with Crippen molar-refractivity contribution in [2.24, 2.45) is 0 Å². The van der Waals surface area contributed by atoms with Crippen molar-refractivity contribution in [2.45, 2.75) is 44.7 Å². The number of morpholine rings is 1. The van der Waals surface area contributed by atoms with Crippen LogP contribution in [0.4, 0.5) is 34.9 Å². The molecule has 3 aromatic rings. The molecule has 3 atom stereocenters. The third-order valence-corrected chi connectivity index (χ3v) is 7.66. The Kier molecular flexibility index (Phi) is 8.43. The second-order valence-corrected chi connectivity index (χ2v) is 11.2. The van der Waals surface area contributed by atoms with Crippen LogP contribution in [-0.4, -0.2) is 84.3 Å². The number of halogens is 4. The fourth-order valence-corrected chi connectivity index (χ4v) is 5.58. The smallest absolute Gasteiger partial charge is 0.372 e. The summed E-state index contributed by atoms with van der Waals surface area (Å²) in [6.07, 6.45) is -2.06. The molecule has 2 N–H and O–H groups in total. The maximum absolute atomic E-state index is 15.8. The third-order valence-electron chi connectivity index (χ3n) is 7.66. The average molecular weight is 604 g/mol. The number of benzene rings is 1. The number of rotatable bonds is 6. The van der Waals surface area contributed by atoms with Crippen molar-refractivity contribution in [1.29, 1.82) is 0 Å². The van der Waals surface area contributed by atoms with E-state index in [0.717, 1.165) is 12.6 Å². The van der Waals surface area contributed by atoms with Gasteiger partial charge in [-0.25, -0.2) is 14.4 Å². The number of nitrogens with zero attached hydrogens (tertiary/aromatic N) is 5. The molecule has 0 spiro atoms. The van der Waals surface area contributed by atoms with Crippen molar-refractivity contribution >= 4 is 23.2 Å². The predicted molar refractivity (Wildman–Crippen MR) is 154 cm³/mol. The summed E-state index contributed by atoms with van der Waals surface area (Å²) in [4.78, 5) is 41.9. The van der Waals surface area contributed by atoms with E-state index in [-0.39, 0.29) is 35.2 Å². The van der Waals surface area contributed by atoms with Crippen molar-refractivity contribution in [3.63, 3.8) is 0 Å². The van der Waals surface area contributed by atoms with Crippen molar-refractivity contribution in [3.05, 3.63) is 64.0 Å². The molecule has 0 bridgehead atoms. The Hall–Kier alpha value is -4.04. The summed E-state index contributed by atoms with van der Waals surface area (Å²) < 4.78 is 62.8. The Bertz CT molecular complexity index is 1550. The van der Waals surface area contributed by atoms with Crippen LogP contribution < -0.4 is 20.7 Å². The van der Waals surface area contributed by atoms with Gasteiger partial charge in [0.15, 0.2) is 0 Å². The zero-order chi connectivity index (χ0) is 31.1. The van der Waals surface area contributed by atoms with E-state index in [9.17, 15) is 22.8 Å². The van der Waals surface area contributed by atoms with E-state index in [1.54, 1.807) is 0 Å². The molecule has 0 aliphatic carbocycles. The van der Waals surface area contributed by atoms with E-state index in [2.05, 4.69) is 20.3 Å². The van der Waals surface area contributed by atoms with Crippen LogP contribution in [-0.2, 0) is 10.9 Å². The van der Waals surface area contributed by atoms with Gasteiger partial charge in [-0.2, -0.15) is 13.2 Å². The van der Waals surface area contributed by atoms with E-state index < -0.39 is 34.6 Å². The molecule has 2 aliphatic heterocycles. The van der Waals surface area contributed by atoms with E-state index in [0.29, 0.717) is 43.9 Å². The summed E-state index contributed by atoms with van der Waals surface area (Å²) >= 11 is 0. The maximum Gasteiger partial charge on any atom is 0.417 e. The SMILES string of the molecule is C[C@@H]1CN(c2nccc(-c3cc(NC(=O)c4c[nH]c(=O)cc4C(F)(F)F)c(N4CC[C@@H](N(C)C)C4)cc3F)n2)C[C@H](C)O1. The minimum Gasteiger partial charge on any atom is -0.372 e. The molecule has 4 heterocycles. The highest BCUT2D eigenvalue weighted by Gasteiger charge is 2.36. The van der Waals surface area contributed by atoms with Gasteiger partial charge in [-0.15, -0.1) is 0 Å². The lowest BCUT2D eigenvalue weighted by atomic mass is 10.1. The lowest BCUT2D eigenvalue weighted by Gasteiger charge is -2.35. The number of carbonyl (C=O) groups is 1. The lowest BCUT2D eigenvalue weighted by Crippen LogP contribution is -2.46. The van der Waals surface area contributed by atoms with Gasteiger partial charge in [-0.1, -0.05) is 0 Å². The van der Waals surface area contributed by atoms with Gasteiger partial charge in [-0.3, -0.25) is 9.59 Å². The van der Waals surface area contributed by atoms with Crippen LogP contribution in [0, 0.1) is 5.82 Å². The normalized spacial score (nSPS) is 21.0. The van der Waals surface area contributed by atoms with Crippen molar-refractivity contribution in [3.8, 4) is 11.3 Å². The first-order chi connectivity index (χ1) is 20.3. The number of hydrogen-bond donors (Lipinski definition) is 2. The monoisotopic (exact) mass is 603 g/mol. The number of amides is 1. The number of nitrogens with one attached hydrogen (secondary N) is 2. The first-order valence-corrected chi connectivity index (χ1v) is 13.9. The average Bonchev–Trinajstić information content (AvgIpc) is 3.43. The zero-order valence-electron chi connectivity index (χ0n) is 24.2. The Morgan fingerprint density at radius 3 is 2.49 bits per heavy atom. The zero-order valence-corrected chi connectivity index (χ0v) is 24.2. The third kappa shape index (κ3) is 6.64. The van der Waals surface area contributed by atoms with E-state index in [1.807, 2.05) is 42.6 Å². The highest BCUT2D eigenvalue weighted by Crippen LogP contribution is 2.37.